The Morgan fingerprint density at radius 3 is 2.44 bits per heavy atom. The average Bonchev–Trinajstić information content (AvgIpc) is 2.83. The van der Waals surface area contributed by atoms with Crippen molar-refractivity contribution in [2.24, 2.45) is 0 Å². The number of anilines is 1. The summed E-state index contributed by atoms with van der Waals surface area (Å²) in [6.45, 7) is 4.85. The molecule has 2 aromatic rings. The first-order valence-corrected chi connectivity index (χ1v) is 10.8. The lowest BCUT2D eigenvalue weighted by molar-refractivity contribution is -0.128. The summed E-state index contributed by atoms with van der Waals surface area (Å²) in [6, 6.07) is 13.0. The van der Waals surface area contributed by atoms with Crippen LogP contribution in [0.3, 0.4) is 0 Å². The van der Waals surface area contributed by atoms with Gasteiger partial charge in [-0.05, 0) is 61.1 Å². The van der Waals surface area contributed by atoms with Crippen LogP contribution in [0.1, 0.15) is 30.5 Å². The molecule has 2 aromatic carbocycles. The van der Waals surface area contributed by atoms with Gasteiger partial charge in [-0.1, -0.05) is 24.3 Å². The number of benzene rings is 2. The van der Waals surface area contributed by atoms with Crippen molar-refractivity contribution in [2.45, 2.75) is 44.0 Å². The van der Waals surface area contributed by atoms with E-state index in [0.29, 0.717) is 24.4 Å². The van der Waals surface area contributed by atoms with E-state index < -0.39 is 10.0 Å². The Hall–Kier alpha value is -2.34. The summed E-state index contributed by atoms with van der Waals surface area (Å²) in [5.41, 5.74) is 4.01. The molecular formula is C21H24N2O3S. The van der Waals surface area contributed by atoms with E-state index >= 15 is 0 Å². The van der Waals surface area contributed by atoms with Crippen LogP contribution >= 0.6 is 0 Å². The molecule has 2 aliphatic heterocycles. The van der Waals surface area contributed by atoms with Crippen LogP contribution in [-0.4, -0.2) is 38.4 Å². The van der Waals surface area contributed by atoms with Gasteiger partial charge in [0.2, 0.25) is 5.91 Å². The minimum Gasteiger partial charge on any atom is -0.342 e. The Balaban J connectivity index is 1.69. The highest BCUT2D eigenvalue weighted by atomic mass is 32.2. The van der Waals surface area contributed by atoms with E-state index in [2.05, 4.69) is 0 Å². The second-order valence-corrected chi connectivity index (χ2v) is 9.23. The smallest absolute Gasteiger partial charge is 0.264 e. The van der Waals surface area contributed by atoms with Gasteiger partial charge in [-0.15, -0.1) is 0 Å². The van der Waals surface area contributed by atoms with E-state index in [9.17, 15) is 13.2 Å². The molecular weight excluding hydrogens is 360 g/mol. The number of para-hydroxylation sites is 1. The highest BCUT2D eigenvalue weighted by Crippen LogP contribution is 2.37. The third-order valence-corrected chi connectivity index (χ3v) is 7.55. The van der Waals surface area contributed by atoms with Gasteiger partial charge in [0.15, 0.2) is 0 Å². The minimum absolute atomic E-state index is 0.0677. The number of amides is 1. The maximum Gasteiger partial charge on any atom is 0.264 e. The summed E-state index contributed by atoms with van der Waals surface area (Å²) >= 11 is 0. The average molecular weight is 385 g/mol. The van der Waals surface area contributed by atoms with Crippen molar-refractivity contribution in [3.63, 3.8) is 0 Å². The Bertz CT molecular complexity index is 1000. The lowest BCUT2D eigenvalue weighted by atomic mass is 10.0. The van der Waals surface area contributed by atoms with Gasteiger partial charge in [-0.25, -0.2) is 8.42 Å². The van der Waals surface area contributed by atoms with E-state index in [0.717, 1.165) is 35.2 Å². The molecule has 2 heterocycles. The van der Waals surface area contributed by atoms with E-state index in [-0.39, 0.29) is 11.9 Å². The Morgan fingerprint density at radius 2 is 1.70 bits per heavy atom. The molecule has 2 aliphatic rings. The summed E-state index contributed by atoms with van der Waals surface area (Å²) in [4.78, 5) is 13.8. The van der Waals surface area contributed by atoms with Gasteiger partial charge in [0.05, 0.1) is 10.6 Å². The van der Waals surface area contributed by atoms with Crippen LogP contribution in [0, 0.1) is 0 Å². The van der Waals surface area contributed by atoms with Gasteiger partial charge in [0.1, 0.15) is 0 Å². The third kappa shape index (κ3) is 3.12. The molecule has 0 aromatic heterocycles. The molecule has 4 rings (SSSR count). The molecule has 27 heavy (non-hydrogen) atoms. The molecule has 0 bridgehead atoms. The van der Waals surface area contributed by atoms with Gasteiger partial charge in [0, 0.05) is 26.1 Å². The van der Waals surface area contributed by atoms with Crippen LogP contribution in [-0.2, 0) is 34.1 Å². The number of rotatable bonds is 2. The fourth-order valence-electron chi connectivity index (χ4n) is 4.19. The lowest BCUT2D eigenvalue weighted by Crippen LogP contribution is -2.35. The summed E-state index contributed by atoms with van der Waals surface area (Å²) in [5, 5.41) is 0. The van der Waals surface area contributed by atoms with Gasteiger partial charge >= 0.3 is 0 Å². The number of hydrogen-bond acceptors (Lipinski definition) is 3. The van der Waals surface area contributed by atoms with Gasteiger partial charge in [0.25, 0.3) is 10.0 Å². The number of carbonyl (C=O) groups excluding carboxylic acids is 1. The molecule has 0 fully saturated rings. The Labute approximate surface area is 160 Å². The zero-order valence-electron chi connectivity index (χ0n) is 15.7. The van der Waals surface area contributed by atoms with E-state index in [4.69, 9.17) is 0 Å². The van der Waals surface area contributed by atoms with Crippen molar-refractivity contribution in [2.75, 3.05) is 17.4 Å². The largest absolute Gasteiger partial charge is 0.342 e. The predicted octanol–water partition coefficient (Wildman–Crippen LogP) is 2.77. The number of hydrogen-bond donors (Lipinski definition) is 0. The second-order valence-electron chi connectivity index (χ2n) is 7.42. The minimum atomic E-state index is -3.62. The Kier molecular flexibility index (Phi) is 4.46. The van der Waals surface area contributed by atoms with E-state index in [1.807, 2.05) is 48.2 Å². The fourth-order valence-corrected chi connectivity index (χ4v) is 5.94. The Morgan fingerprint density at radius 1 is 1.00 bits per heavy atom. The second kappa shape index (κ2) is 6.68. The molecule has 0 N–H and O–H groups in total. The highest BCUT2D eigenvalue weighted by molar-refractivity contribution is 7.92. The molecule has 0 saturated heterocycles. The SMILES string of the molecule is CC(=O)N1CCc2ccc(S(=O)(=O)N3c4ccccc4CC3C)cc2CC1. The summed E-state index contributed by atoms with van der Waals surface area (Å²) in [5.74, 6) is 0.0677. The molecule has 5 nitrogen and oxygen atoms in total. The molecule has 1 unspecified atom stereocenters. The molecule has 142 valence electrons. The predicted molar refractivity (Wildman–Crippen MR) is 105 cm³/mol. The quantitative estimate of drug-likeness (QED) is 0.800. The van der Waals surface area contributed by atoms with E-state index in [1.165, 1.54) is 0 Å². The summed E-state index contributed by atoms with van der Waals surface area (Å²) < 4.78 is 28.4. The fraction of sp³-hybridized carbons (Fsp3) is 0.381. The first-order chi connectivity index (χ1) is 12.9. The standard InChI is InChI=1S/C21H24N2O3S/c1-15-13-19-5-3-4-6-21(19)23(15)27(25,26)20-8-7-17-9-11-22(16(2)24)12-10-18(17)14-20/h3-8,14-15H,9-13H2,1-2H3. The van der Waals surface area contributed by atoms with Crippen molar-refractivity contribution < 1.29 is 13.2 Å². The lowest BCUT2D eigenvalue weighted by Gasteiger charge is -2.25. The number of sulfonamides is 1. The zero-order chi connectivity index (χ0) is 19.2. The van der Waals surface area contributed by atoms with Crippen molar-refractivity contribution >= 4 is 21.6 Å². The van der Waals surface area contributed by atoms with Crippen LogP contribution in [0.4, 0.5) is 5.69 Å². The monoisotopic (exact) mass is 384 g/mol. The third-order valence-electron chi connectivity index (χ3n) is 5.63. The number of nitrogens with zero attached hydrogens (tertiary/aromatic N) is 2. The molecule has 6 heteroatoms. The molecule has 1 amide bonds. The molecule has 0 spiro atoms. The molecule has 0 radical (unpaired) electrons. The van der Waals surface area contributed by atoms with Crippen LogP contribution in [0.15, 0.2) is 47.4 Å². The highest BCUT2D eigenvalue weighted by Gasteiger charge is 2.36. The number of fused-ring (bicyclic) bond motifs is 2. The number of carbonyl (C=O) groups is 1. The van der Waals surface area contributed by atoms with E-state index in [1.54, 1.807) is 17.3 Å². The van der Waals surface area contributed by atoms with Crippen LogP contribution in [0.2, 0.25) is 0 Å². The maximum absolute atomic E-state index is 13.4. The molecule has 0 aliphatic carbocycles. The van der Waals surface area contributed by atoms with Gasteiger partial charge in [-0.3, -0.25) is 9.10 Å². The maximum atomic E-state index is 13.4. The molecule has 0 saturated carbocycles. The van der Waals surface area contributed by atoms with Crippen LogP contribution in [0.25, 0.3) is 0 Å². The normalized spacial score (nSPS) is 19.4. The van der Waals surface area contributed by atoms with Crippen LogP contribution < -0.4 is 4.31 Å². The van der Waals surface area contributed by atoms with Crippen molar-refractivity contribution in [1.82, 2.24) is 4.90 Å². The van der Waals surface area contributed by atoms with Crippen LogP contribution in [0.5, 0.6) is 0 Å². The van der Waals surface area contributed by atoms with Crippen molar-refractivity contribution in [3.05, 3.63) is 59.2 Å². The zero-order valence-corrected chi connectivity index (χ0v) is 16.5. The van der Waals surface area contributed by atoms with Crippen molar-refractivity contribution in [1.29, 1.82) is 0 Å². The summed E-state index contributed by atoms with van der Waals surface area (Å²) in [6.07, 6.45) is 2.18. The van der Waals surface area contributed by atoms with Crippen molar-refractivity contribution in [3.8, 4) is 0 Å². The first-order valence-electron chi connectivity index (χ1n) is 9.37. The van der Waals surface area contributed by atoms with Gasteiger partial charge in [-0.2, -0.15) is 0 Å². The molecule has 1 atom stereocenters. The first kappa shape index (κ1) is 18.0. The summed E-state index contributed by atoms with van der Waals surface area (Å²) in [7, 11) is -3.62. The van der Waals surface area contributed by atoms with Gasteiger partial charge < -0.3 is 4.90 Å². The topological polar surface area (TPSA) is 57.7 Å².